The first-order valence-electron chi connectivity index (χ1n) is 9.00. The Kier molecular flexibility index (Phi) is 6.47. The Hall–Kier alpha value is -2.11. The van der Waals surface area contributed by atoms with E-state index in [4.69, 9.17) is 11.6 Å². The summed E-state index contributed by atoms with van der Waals surface area (Å²) < 4.78 is 0. The van der Waals surface area contributed by atoms with E-state index in [0.29, 0.717) is 24.4 Å². The summed E-state index contributed by atoms with van der Waals surface area (Å²) in [7, 11) is 2.14. The summed E-state index contributed by atoms with van der Waals surface area (Å²) in [4.78, 5) is 21.4. The number of carbonyl (C=O) groups excluding carboxylic acids is 1. The highest BCUT2D eigenvalue weighted by atomic mass is 35.5. The topological polar surface area (TPSA) is 48.5 Å². The van der Waals surface area contributed by atoms with Crippen LogP contribution in [0.1, 0.15) is 17.5 Å². The lowest BCUT2D eigenvalue weighted by molar-refractivity contribution is -0.121. The van der Waals surface area contributed by atoms with Gasteiger partial charge < -0.3 is 15.1 Å². The summed E-state index contributed by atoms with van der Waals surface area (Å²) in [5.74, 6) is 1.02. The van der Waals surface area contributed by atoms with Crippen LogP contribution in [0.3, 0.4) is 0 Å². The van der Waals surface area contributed by atoms with Crippen LogP contribution in [0.5, 0.6) is 0 Å². The van der Waals surface area contributed by atoms with Gasteiger partial charge >= 0.3 is 0 Å². The smallest absolute Gasteiger partial charge is 0.220 e. The van der Waals surface area contributed by atoms with Gasteiger partial charge in [-0.3, -0.25) is 4.79 Å². The molecule has 0 saturated carbocycles. The number of halogens is 1. The average molecular weight is 373 g/mol. The lowest BCUT2D eigenvalue weighted by Gasteiger charge is -2.34. The largest absolute Gasteiger partial charge is 0.354 e. The molecule has 0 aliphatic carbocycles. The second-order valence-electron chi connectivity index (χ2n) is 6.68. The maximum atomic E-state index is 12.2. The Morgan fingerprint density at radius 3 is 2.77 bits per heavy atom. The quantitative estimate of drug-likeness (QED) is 0.847. The van der Waals surface area contributed by atoms with Gasteiger partial charge in [0.15, 0.2) is 0 Å². The minimum absolute atomic E-state index is 0.0400. The molecule has 1 amide bonds. The molecule has 1 fully saturated rings. The van der Waals surface area contributed by atoms with Gasteiger partial charge in [-0.1, -0.05) is 29.8 Å². The van der Waals surface area contributed by atoms with Gasteiger partial charge in [0.2, 0.25) is 5.91 Å². The molecule has 138 valence electrons. The van der Waals surface area contributed by atoms with Crippen molar-refractivity contribution in [1.82, 2.24) is 15.2 Å². The van der Waals surface area contributed by atoms with Crippen LogP contribution in [-0.2, 0) is 17.8 Å². The molecule has 0 radical (unpaired) electrons. The number of likely N-dealkylation sites (N-methyl/N-ethyl adjacent to an activating group) is 1. The zero-order valence-electron chi connectivity index (χ0n) is 15.1. The van der Waals surface area contributed by atoms with Crippen LogP contribution in [0.25, 0.3) is 0 Å². The number of benzene rings is 1. The van der Waals surface area contributed by atoms with Crippen molar-refractivity contribution >= 4 is 23.3 Å². The zero-order chi connectivity index (χ0) is 18.4. The molecule has 0 unspecified atom stereocenters. The van der Waals surface area contributed by atoms with Gasteiger partial charge in [0.1, 0.15) is 5.82 Å². The normalized spacial score (nSPS) is 15.1. The third-order valence-electron chi connectivity index (χ3n) is 4.68. The first kappa shape index (κ1) is 18.7. The minimum atomic E-state index is 0.0400. The van der Waals surface area contributed by atoms with E-state index in [1.54, 1.807) is 0 Å². The van der Waals surface area contributed by atoms with Crippen molar-refractivity contribution in [3.05, 3.63) is 58.7 Å². The monoisotopic (exact) mass is 372 g/mol. The van der Waals surface area contributed by atoms with E-state index in [1.807, 2.05) is 42.6 Å². The Morgan fingerprint density at radius 1 is 1.19 bits per heavy atom. The minimum Gasteiger partial charge on any atom is -0.354 e. The fraction of sp³-hybridized carbons (Fsp3) is 0.400. The predicted octanol–water partition coefficient (Wildman–Crippen LogP) is 2.74. The summed E-state index contributed by atoms with van der Waals surface area (Å²) >= 11 is 5.99. The summed E-state index contributed by atoms with van der Waals surface area (Å²) in [5, 5.41) is 3.73. The summed E-state index contributed by atoms with van der Waals surface area (Å²) in [5.41, 5.74) is 2.14. The highest BCUT2D eigenvalue weighted by Gasteiger charge is 2.18. The molecule has 0 atom stereocenters. The second-order valence-corrected chi connectivity index (χ2v) is 7.12. The first-order chi connectivity index (χ1) is 12.6. The third-order valence-corrected chi connectivity index (χ3v) is 4.91. The number of aryl methyl sites for hydroxylation is 1. The molecule has 2 heterocycles. The van der Waals surface area contributed by atoms with Crippen LogP contribution >= 0.6 is 11.6 Å². The number of nitrogens with one attached hydrogen (secondary N) is 1. The Bertz CT molecular complexity index is 744. The molecule has 1 N–H and O–H groups in total. The molecule has 26 heavy (non-hydrogen) atoms. The lowest BCUT2D eigenvalue weighted by atomic mass is 10.1. The molecule has 1 aliphatic heterocycles. The number of aromatic nitrogens is 1. The molecule has 5 nitrogen and oxygen atoms in total. The second kappa shape index (κ2) is 9.01. The summed E-state index contributed by atoms with van der Waals surface area (Å²) in [6.07, 6.45) is 2.95. The number of rotatable bonds is 6. The van der Waals surface area contributed by atoms with Crippen molar-refractivity contribution in [3.8, 4) is 0 Å². The number of amides is 1. The van der Waals surface area contributed by atoms with Gasteiger partial charge in [-0.15, -0.1) is 0 Å². The molecule has 0 bridgehead atoms. The van der Waals surface area contributed by atoms with Crippen molar-refractivity contribution in [3.63, 3.8) is 0 Å². The van der Waals surface area contributed by atoms with Crippen molar-refractivity contribution in [2.24, 2.45) is 0 Å². The molecule has 0 spiro atoms. The molecule has 1 aromatic carbocycles. The summed E-state index contributed by atoms with van der Waals surface area (Å²) in [6, 6.07) is 11.6. The SMILES string of the molecule is CN1CCN(c2ncccc2CNC(=O)CCc2cccc(Cl)c2)CC1. The van der Waals surface area contributed by atoms with E-state index in [0.717, 1.165) is 43.1 Å². The highest BCUT2D eigenvalue weighted by Crippen LogP contribution is 2.18. The van der Waals surface area contributed by atoms with E-state index in [9.17, 15) is 4.79 Å². The number of hydrogen-bond donors (Lipinski definition) is 1. The van der Waals surface area contributed by atoms with Crippen LogP contribution in [0, 0.1) is 0 Å². The van der Waals surface area contributed by atoms with Crippen LogP contribution in [-0.4, -0.2) is 49.0 Å². The van der Waals surface area contributed by atoms with Crippen LogP contribution in [0.2, 0.25) is 5.02 Å². The molecule has 1 aromatic heterocycles. The fourth-order valence-corrected chi connectivity index (χ4v) is 3.32. The number of nitrogens with zero attached hydrogens (tertiary/aromatic N) is 3. The van der Waals surface area contributed by atoms with Gasteiger partial charge in [-0.05, 0) is 37.2 Å². The van der Waals surface area contributed by atoms with Crippen LogP contribution < -0.4 is 10.2 Å². The molecular weight excluding hydrogens is 348 g/mol. The highest BCUT2D eigenvalue weighted by molar-refractivity contribution is 6.30. The Morgan fingerprint density at radius 2 is 2.00 bits per heavy atom. The number of piperazine rings is 1. The van der Waals surface area contributed by atoms with E-state index in [1.165, 1.54) is 0 Å². The predicted molar refractivity (Wildman–Crippen MR) is 106 cm³/mol. The average Bonchev–Trinajstić information content (AvgIpc) is 2.66. The van der Waals surface area contributed by atoms with E-state index < -0.39 is 0 Å². The summed E-state index contributed by atoms with van der Waals surface area (Å²) in [6.45, 7) is 4.49. The van der Waals surface area contributed by atoms with Gasteiger partial charge in [0.05, 0.1) is 0 Å². The van der Waals surface area contributed by atoms with E-state index in [2.05, 4.69) is 27.1 Å². The standard InChI is InChI=1S/C20H25ClN4O/c1-24-10-12-25(13-11-24)20-17(5-3-9-22-20)15-23-19(26)8-7-16-4-2-6-18(21)14-16/h2-6,9,14H,7-8,10-13,15H2,1H3,(H,23,26). The maximum Gasteiger partial charge on any atom is 0.220 e. The van der Waals surface area contributed by atoms with Gasteiger partial charge in [-0.25, -0.2) is 4.98 Å². The van der Waals surface area contributed by atoms with Crippen molar-refractivity contribution in [1.29, 1.82) is 0 Å². The molecule has 6 heteroatoms. The third kappa shape index (κ3) is 5.19. The van der Waals surface area contributed by atoms with E-state index >= 15 is 0 Å². The number of hydrogen-bond acceptors (Lipinski definition) is 4. The van der Waals surface area contributed by atoms with E-state index in [-0.39, 0.29) is 5.91 Å². The fourth-order valence-electron chi connectivity index (χ4n) is 3.10. The Balaban J connectivity index is 1.53. The zero-order valence-corrected chi connectivity index (χ0v) is 15.9. The molecular formula is C20H25ClN4O. The number of pyridine rings is 1. The van der Waals surface area contributed by atoms with Crippen LogP contribution in [0.15, 0.2) is 42.6 Å². The lowest BCUT2D eigenvalue weighted by Crippen LogP contribution is -2.45. The maximum absolute atomic E-state index is 12.2. The molecule has 1 aliphatic rings. The van der Waals surface area contributed by atoms with Gasteiger partial charge in [0, 0.05) is 55.9 Å². The van der Waals surface area contributed by atoms with Gasteiger partial charge in [-0.2, -0.15) is 0 Å². The molecule has 2 aromatic rings. The van der Waals surface area contributed by atoms with Crippen molar-refractivity contribution in [2.45, 2.75) is 19.4 Å². The van der Waals surface area contributed by atoms with Crippen LogP contribution in [0.4, 0.5) is 5.82 Å². The van der Waals surface area contributed by atoms with Gasteiger partial charge in [0.25, 0.3) is 0 Å². The molecule has 3 rings (SSSR count). The number of anilines is 1. The van der Waals surface area contributed by atoms with Crippen molar-refractivity contribution in [2.75, 3.05) is 38.1 Å². The molecule has 1 saturated heterocycles. The Labute approximate surface area is 160 Å². The van der Waals surface area contributed by atoms with Crippen molar-refractivity contribution < 1.29 is 4.79 Å². The first-order valence-corrected chi connectivity index (χ1v) is 9.38. The number of carbonyl (C=O) groups is 1.